The quantitative estimate of drug-likeness (QED) is 0.734. The first-order valence-corrected chi connectivity index (χ1v) is 9.82. The Labute approximate surface area is 178 Å². The summed E-state index contributed by atoms with van der Waals surface area (Å²) in [6.07, 6.45) is 0. The van der Waals surface area contributed by atoms with E-state index in [9.17, 15) is 14.4 Å². The second-order valence-corrected chi connectivity index (χ2v) is 7.70. The summed E-state index contributed by atoms with van der Waals surface area (Å²) in [4.78, 5) is 39.1. The number of ether oxygens (including phenoxy) is 1. The van der Waals surface area contributed by atoms with Gasteiger partial charge in [-0.1, -0.05) is 53.6 Å². The van der Waals surface area contributed by atoms with E-state index in [-0.39, 0.29) is 13.2 Å². The molecular formula is C22H20ClN3O4. The Morgan fingerprint density at radius 1 is 1.20 bits per heavy atom. The van der Waals surface area contributed by atoms with Crippen molar-refractivity contribution < 1.29 is 19.1 Å². The minimum atomic E-state index is -0.617. The van der Waals surface area contributed by atoms with Crippen LogP contribution >= 0.6 is 11.6 Å². The zero-order chi connectivity index (χ0) is 21.4. The molecule has 2 aliphatic rings. The number of aryl methyl sites for hydroxylation is 2. The van der Waals surface area contributed by atoms with Gasteiger partial charge in [0.05, 0.1) is 28.0 Å². The van der Waals surface area contributed by atoms with Crippen LogP contribution in [0.1, 0.15) is 22.7 Å². The summed E-state index contributed by atoms with van der Waals surface area (Å²) in [6.45, 7) is 3.46. The number of nitrogens with one attached hydrogen (secondary N) is 2. The molecule has 2 aromatic carbocycles. The molecule has 0 spiro atoms. The molecule has 1 unspecified atom stereocenters. The van der Waals surface area contributed by atoms with E-state index in [2.05, 4.69) is 10.6 Å². The number of carbonyl (C=O) groups excluding carboxylic acids is 3. The fraction of sp³-hybridized carbons (Fsp3) is 0.227. The molecule has 1 atom stereocenters. The van der Waals surface area contributed by atoms with Gasteiger partial charge in [0.15, 0.2) is 0 Å². The summed E-state index contributed by atoms with van der Waals surface area (Å²) in [7, 11) is 0. The van der Waals surface area contributed by atoms with Crippen molar-refractivity contribution in [2.75, 3.05) is 18.5 Å². The average molecular weight is 426 g/mol. The Balaban J connectivity index is 1.60. The molecule has 7 nitrogen and oxygen atoms in total. The summed E-state index contributed by atoms with van der Waals surface area (Å²) >= 11 is 6.17. The molecule has 30 heavy (non-hydrogen) atoms. The molecule has 2 N–H and O–H groups in total. The van der Waals surface area contributed by atoms with Crippen LogP contribution in [0, 0.1) is 13.8 Å². The molecular weight excluding hydrogens is 406 g/mol. The maximum absolute atomic E-state index is 12.8. The first kappa shape index (κ1) is 20.0. The topological polar surface area (TPSA) is 87.7 Å². The minimum Gasteiger partial charge on any atom is -0.456 e. The van der Waals surface area contributed by atoms with Gasteiger partial charge in [-0.3, -0.25) is 9.69 Å². The van der Waals surface area contributed by atoms with E-state index >= 15 is 0 Å². The molecule has 0 fully saturated rings. The largest absolute Gasteiger partial charge is 0.456 e. The number of rotatable bonds is 4. The Morgan fingerprint density at radius 2 is 1.93 bits per heavy atom. The van der Waals surface area contributed by atoms with Crippen LogP contribution in [0.4, 0.5) is 10.5 Å². The van der Waals surface area contributed by atoms with Crippen LogP contribution in [0.3, 0.4) is 0 Å². The van der Waals surface area contributed by atoms with Gasteiger partial charge in [0, 0.05) is 0 Å². The van der Waals surface area contributed by atoms with Gasteiger partial charge in [-0.05, 0) is 31.0 Å². The number of anilines is 1. The van der Waals surface area contributed by atoms with Gasteiger partial charge in [-0.2, -0.15) is 0 Å². The second kappa shape index (κ2) is 7.84. The van der Waals surface area contributed by atoms with E-state index in [1.807, 2.05) is 44.2 Å². The number of benzene rings is 2. The number of carbonyl (C=O) groups is 3. The predicted molar refractivity (Wildman–Crippen MR) is 112 cm³/mol. The number of esters is 1. The molecule has 8 heteroatoms. The Bertz CT molecular complexity index is 1060. The standard InChI is InChI=1S/C22H20ClN3O4/c1-12-6-8-14(9-7-12)20-18-16(11-30-21(18)28)26(22(29)25-20)10-17(27)24-19-13(2)4-3-5-15(19)23/h3-9,20H,10-11H2,1-2H3,(H,24,27)(H,25,29). The van der Waals surface area contributed by atoms with Crippen molar-refractivity contribution >= 4 is 35.2 Å². The van der Waals surface area contributed by atoms with Gasteiger partial charge < -0.3 is 15.4 Å². The molecule has 0 saturated heterocycles. The highest BCUT2D eigenvalue weighted by molar-refractivity contribution is 6.34. The van der Waals surface area contributed by atoms with Crippen LogP contribution < -0.4 is 10.6 Å². The summed E-state index contributed by atoms with van der Waals surface area (Å²) in [5.74, 6) is -0.927. The number of cyclic esters (lactones) is 1. The number of amides is 3. The van der Waals surface area contributed by atoms with Gasteiger partial charge in [0.2, 0.25) is 5.91 Å². The highest BCUT2D eigenvalue weighted by Gasteiger charge is 2.42. The van der Waals surface area contributed by atoms with Crippen LogP contribution in [0.25, 0.3) is 0 Å². The van der Waals surface area contributed by atoms with Crippen molar-refractivity contribution in [2.45, 2.75) is 19.9 Å². The molecule has 3 amide bonds. The van der Waals surface area contributed by atoms with Crippen molar-refractivity contribution in [3.8, 4) is 0 Å². The third kappa shape index (κ3) is 3.64. The molecule has 154 valence electrons. The molecule has 4 rings (SSSR count). The van der Waals surface area contributed by atoms with E-state index in [0.29, 0.717) is 22.0 Å². The highest BCUT2D eigenvalue weighted by Crippen LogP contribution is 2.35. The maximum Gasteiger partial charge on any atom is 0.338 e. The van der Waals surface area contributed by atoms with Gasteiger partial charge in [0.1, 0.15) is 13.2 Å². The number of hydrogen-bond donors (Lipinski definition) is 2. The van der Waals surface area contributed by atoms with Crippen molar-refractivity contribution in [2.24, 2.45) is 0 Å². The van der Waals surface area contributed by atoms with Gasteiger partial charge >= 0.3 is 12.0 Å². The van der Waals surface area contributed by atoms with Crippen molar-refractivity contribution in [3.63, 3.8) is 0 Å². The van der Waals surface area contributed by atoms with Crippen molar-refractivity contribution in [3.05, 3.63) is 75.4 Å². The number of halogens is 1. The van der Waals surface area contributed by atoms with Crippen LogP contribution in [-0.4, -0.2) is 36.0 Å². The summed E-state index contributed by atoms with van der Waals surface area (Å²) in [5.41, 5.74) is 3.89. The molecule has 0 saturated carbocycles. The Morgan fingerprint density at radius 3 is 2.63 bits per heavy atom. The van der Waals surface area contributed by atoms with E-state index in [4.69, 9.17) is 16.3 Å². The highest BCUT2D eigenvalue weighted by atomic mass is 35.5. The number of hydrogen-bond acceptors (Lipinski definition) is 4. The minimum absolute atomic E-state index is 0.0532. The fourth-order valence-electron chi connectivity index (χ4n) is 3.60. The first-order valence-electron chi connectivity index (χ1n) is 9.45. The van der Waals surface area contributed by atoms with Gasteiger partial charge in [-0.25, -0.2) is 9.59 Å². The smallest absolute Gasteiger partial charge is 0.338 e. The molecule has 2 aliphatic heterocycles. The van der Waals surface area contributed by atoms with Gasteiger partial charge in [-0.15, -0.1) is 0 Å². The SMILES string of the molecule is Cc1ccc(C2NC(=O)N(CC(=O)Nc3c(C)cccc3Cl)C3=C2C(=O)OC3)cc1. The number of nitrogens with zero attached hydrogens (tertiary/aromatic N) is 1. The van der Waals surface area contributed by atoms with Crippen LogP contribution in [-0.2, 0) is 14.3 Å². The number of para-hydroxylation sites is 1. The fourth-order valence-corrected chi connectivity index (χ4v) is 3.87. The average Bonchev–Trinajstić information content (AvgIpc) is 3.09. The summed E-state index contributed by atoms with van der Waals surface area (Å²) in [5, 5.41) is 5.97. The van der Waals surface area contributed by atoms with Crippen molar-refractivity contribution in [1.82, 2.24) is 10.2 Å². The Hall–Kier alpha value is -3.32. The van der Waals surface area contributed by atoms with Crippen LogP contribution in [0.2, 0.25) is 5.02 Å². The molecule has 0 bridgehead atoms. The lowest BCUT2D eigenvalue weighted by Crippen LogP contribution is -2.49. The molecule has 0 aromatic heterocycles. The van der Waals surface area contributed by atoms with E-state index in [1.54, 1.807) is 12.1 Å². The zero-order valence-corrected chi connectivity index (χ0v) is 17.2. The van der Waals surface area contributed by atoms with Crippen molar-refractivity contribution in [1.29, 1.82) is 0 Å². The third-order valence-corrected chi connectivity index (χ3v) is 5.51. The molecule has 0 radical (unpaired) electrons. The normalized spacial score (nSPS) is 18.1. The second-order valence-electron chi connectivity index (χ2n) is 7.30. The lowest BCUT2D eigenvalue weighted by atomic mass is 9.95. The van der Waals surface area contributed by atoms with E-state index in [1.165, 1.54) is 4.90 Å². The molecule has 2 heterocycles. The van der Waals surface area contributed by atoms with Gasteiger partial charge in [0.25, 0.3) is 0 Å². The summed E-state index contributed by atoms with van der Waals surface area (Å²) in [6, 6.07) is 11.7. The third-order valence-electron chi connectivity index (χ3n) is 5.20. The van der Waals surface area contributed by atoms with E-state index in [0.717, 1.165) is 16.7 Å². The van der Waals surface area contributed by atoms with Crippen LogP contribution in [0.15, 0.2) is 53.7 Å². The maximum atomic E-state index is 12.8. The zero-order valence-electron chi connectivity index (χ0n) is 16.5. The summed E-state index contributed by atoms with van der Waals surface area (Å²) < 4.78 is 5.19. The number of urea groups is 1. The monoisotopic (exact) mass is 425 g/mol. The van der Waals surface area contributed by atoms with E-state index < -0.39 is 23.9 Å². The molecule has 2 aromatic rings. The lowest BCUT2D eigenvalue weighted by Gasteiger charge is -2.32. The lowest BCUT2D eigenvalue weighted by molar-refractivity contribution is -0.136. The first-order chi connectivity index (χ1) is 14.3. The molecule has 0 aliphatic carbocycles. The Kier molecular flexibility index (Phi) is 5.22. The van der Waals surface area contributed by atoms with Crippen LogP contribution in [0.5, 0.6) is 0 Å². The predicted octanol–water partition coefficient (Wildman–Crippen LogP) is 3.47.